The van der Waals surface area contributed by atoms with Crippen LogP contribution in [-0.2, 0) is 0 Å². The lowest BCUT2D eigenvalue weighted by atomic mass is 9.81. The maximum atomic E-state index is 13.7. The molecule has 0 aromatic carbocycles. The van der Waals surface area contributed by atoms with Crippen LogP contribution in [0.5, 0.6) is 0 Å². The van der Waals surface area contributed by atoms with Gasteiger partial charge in [-0.05, 0) is 31.9 Å². The SMILES string of the molecule is CNC(c1ccncc1F)C1CCCCC1. The summed E-state index contributed by atoms with van der Waals surface area (Å²) in [5.41, 5.74) is 0.768. The van der Waals surface area contributed by atoms with E-state index in [0.29, 0.717) is 5.92 Å². The fourth-order valence-corrected chi connectivity index (χ4v) is 2.75. The van der Waals surface area contributed by atoms with Crippen molar-refractivity contribution in [3.8, 4) is 0 Å². The van der Waals surface area contributed by atoms with E-state index in [0.717, 1.165) is 5.56 Å². The maximum absolute atomic E-state index is 13.7. The van der Waals surface area contributed by atoms with Crippen molar-refractivity contribution in [1.29, 1.82) is 0 Å². The number of halogens is 1. The molecule has 1 unspecified atom stereocenters. The summed E-state index contributed by atoms with van der Waals surface area (Å²) in [4.78, 5) is 3.80. The lowest BCUT2D eigenvalue weighted by Gasteiger charge is -2.30. The second-order valence-corrected chi connectivity index (χ2v) is 4.56. The van der Waals surface area contributed by atoms with E-state index >= 15 is 0 Å². The molecule has 0 bridgehead atoms. The van der Waals surface area contributed by atoms with E-state index in [1.807, 2.05) is 7.05 Å². The van der Waals surface area contributed by atoms with E-state index in [1.165, 1.54) is 38.3 Å². The molecule has 0 radical (unpaired) electrons. The van der Waals surface area contributed by atoms with Crippen LogP contribution in [0.3, 0.4) is 0 Å². The molecule has 1 aromatic heterocycles. The Morgan fingerprint density at radius 3 is 2.75 bits per heavy atom. The van der Waals surface area contributed by atoms with E-state index in [1.54, 1.807) is 12.3 Å². The van der Waals surface area contributed by atoms with Gasteiger partial charge in [-0.25, -0.2) is 4.39 Å². The van der Waals surface area contributed by atoms with Crippen LogP contribution in [0.1, 0.15) is 43.7 Å². The predicted molar refractivity (Wildman–Crippen MR) is 62.6 cm³/mol. The Labute approximate surface area is 96.3 Å². The average molecular weight is 222 g/mol. The molecule has 1 heterocycles. The van der Waals surface area contributed by atoms with E-state index < -0.39 is 0 Å². The van der Waals surface area contributed by atoms with Crippen LogP contribution in [0.25, 0.3) is 0 Å². The molecular weight excluding hydrogens is 203 g/mol. The van der Waals surface area contributed by atoms with Crippen LogP contribution in [0, 0.1) is 11.7 Å². The second-order valence-electron chi connectivity index (χ2n) is 4.56. The van der Waals surface area contributed by atoms with Crippen molar-refractivity contribution in [2.45, 2.75) is 38.1 Å². The fourth-order valence-electron chi connectivity index (χ4n) is 2.75. The molecule has 88 valence electrons. The molecule has 3 heteroatoms. The first-order chi connectivity index (χ1) is 7.83. The van der Waals surface area contributed by atoms with Gasteiger partial charge in [-0.1, -0.05) is 19.3 Å². The van der Waals surface area contributed by atoms with Gasteiger partial charge in [0.25, 0.3) is 0 Å². The summed E-state index contributed by atoms with van der Waals surface area (Å²) in [6.45, 7) is 0. The highest BCUT2D eigenvalue weighted by Gasteiger charge is 2.25. The summed E-state index contributed by atoms with van der Waals surface area (Å²) in [5.74, 6) is 0.378. The van der Waals surface area contributed by atoms with Gasteiger partial charge in [0.15, 0.2) is 0 Å². The van der Waals surface area contributed by atoms with Gasteiger partial charge >= 0.3 is 0 Å². The number of hydrogen-bond acceptors (Lipinski definition) is 2. The molecule has 1 saturated carbocycles. The first kappa shape index (κ1) is 11.5. The smallest absolute Gasteiger partial charge is 0.146 e. The average Bonchev–Trinajstić information content (AvgIpc) is 2.34. The van der Waals surface area contributed by atoms with Crippen LogP contribution in [0.15, 0.2) is 18.5 Å². The second kappa shape index (κ2) is 5.39. The third kappa shape index (κ3) is 2.40. The van der Waals surface area contributed by atoms with E-state index in [9.17, 15) is 4.39 Å². The zero-order chi connectivity index (χ0) is 11.4. The molecule has 0 aliphatic heterocycles. The third-order valence-corrected chi connectivity index (χ3v) is 3.57. The third-order valence-electron chi connectivity index (χ3n) is 3.57. The van der Waals surface area contributed by atoms with Crippen molar-refractivity contribution >= 4 is 0 Å². The quantitative estimate of drug-likeness (QED) is 0.850. The van der Waals surface area contributed by atoms with Crippen molar-refractivity contribution in [1.82, 2.24) is 10.3 Å². The van der Waals surface area contributed by atoms with Gasteiger partial charge in [0.1, 0.15) is 5.82 Å². The molecule has 1 atom stereocenters. The van der Waals surface area contributed by atoms with Crippen LogP contribution in [0.4, 0.5) is 4.39 Å². The molecule has 0 saturated heterocycles. The summed E-state index contributed by atoms with van der Waals surface area (Å²) in [5, 5.41) is 3.26. The Morgan fingerprint density at radius 1 is 1.38 bits per heavy atom. The molecule has 1 N–H and O–H groups in total. The molecular formula is C13H19FN2. The summed E-state index contributed by atoms with van der Waals surface area (Å²) in [6.07, 6.45) is 9.26. The number of rotatable bonds is 3. The number of hydrogen-bond donors (Lipinski definition) is 1. The molecule has 2 rings (SSSR count). The number of aromatic nitrogens is 1. The van der Waals surface area contributed by atoms with Crippen molar-refractivity contribution in [2.24, 2.45) is 5.92 Å². The first-order valence-corrected chi connectivity index (χ1v) is 6.09. The highest BCUT2D eigenvalue weighted by atomic mass is 19.1. The Morgan fingerprint density at radius 2 is 2.12 bits per heavy atom. The molecule has 0 amide bonds. The molecule has 1 fully saturated rings. The Bertz CT molecular complexity index is 334. The van der Waals surface area contributed by atoms with Crippen LogP contribution < -0.4 is 5.32 Å². The minimum Gasteiger partial charge on any atom is -0.313 e. The predicted octanol–water partition coefficient (Wildman–Crippen LogP) is 3.06. The van der Waals surface area contributed by atoms with Crippen LogP contribution in [0.2, 0.25) is 0 Å². The molecule has 0 spiro atoms. The topological polar surface area (TPSA) is 24.9 Å². The van der Waals surface area contributed by atoms with Gasteiger partial charge in [0.05, 0.1) is 6.20 Å². The van der Waals surface area contributed by atoms with Gasteiger partial charge in [0.2, 0.25) is 0 Å². The standard InChI is InChI=1S/C13H19FN2/c1-15-13(10-5-3-2-4-6-10)11-7-8-16-9-12(11)14/h7-10,13,15H,2-6H2,1H3. The number of nitrogens with one attached hydrogen (secondary N) is 1. The van der Waals surface area contributed by atoms with Crippen molar-refractivity contribution < 1.29 is 4.39 Å². The van der Waals surface area contributed by atoms with Crippen molar-refractivity contribution in [2.75, 3.05) is 7.05 Å². The van der Waals surface area contributed by atoms with E-state index in [-0.39, 0.29) is 11.9 Å². The Hall–Kier alpha value is -0.960. The summed E-state index contributed by atoms with van der Waals surface area (Å²) in [6, 6.07) is 1.94. The largest absolute Gasteiger partial charge is 0.313 e. The molecule has 16 heavy (non-hydrogen) atoms. The highest BCUT2D eigenvalue weighted by molar-refractivity contribution is 5.18. The number of pyridine rings is 1. The van der Waals surface area contributed by atoms with Crippen molar-refractivity contribution in [3.05, 3.63) is 29.8 Å². The highest BCUT2D eigenvalue weighted by Crippen LogP contribution is 2.34. The van der Waals surface area contributed by atoms with Gasteiger partial charge in [-0.3, -0.25) is 4.98 Å². The molecule has 2 nitrogen and oxygen atoms in total. The van der Waals surface area contributed by atoms with E-state index in [2.05, 4.69) is 10.3 Å². The van der Waals surface area contributed by atoms with Gasteiger partial charge in [0, 0.05) is 17.8 Å². The van der Waals surface area contributed by atoms with Gasteiger partial charge < -0.3 is 5.32 Å². The zero-order valence-corrected chi connectivity index (χ0v) is 9.75. The van der Waals surface area contributed by atoms with Crippen LogP contribution in [-0.4, -0.2) is 12.0 Å². The van der Waals surface area contributed by atoms with Gasteiger partial charge in [-0.15, -0.1) is 0 Å². The minimum absolute atomic E-state index is 0.142. The summed E-state index contributed by atoms with van der Waals surface area (Å²) in [7, 11) is 1.92. The first-order valence-electron chi connectivity index (χ1n) is 6.09. The Kier molecular flexibility index (Phi) is 3.88. The van der Waals surface area contributed by atoms with E-state index in [4.69, 9.17) is 0 Å². The fraction of sp³-hybridized carbons (Fsp3) is 0.615. The lowest BCUT2D eigenvalue weighted by Crippen LogP contribution is -2.27. The van der Waals surface area contributed by atoms with Crippen molar-refractivity contribution in [3.63, 3.8) is 0 Å². The lowest BCUT2D eigenvalue weighted by molar-refractivity contribution is 0.276. The summed E-state index contributed by atoms with van der Waals surface area (Å²) < 4.78 is 13.7. The monoisotopic (exact) mass is 222 g/mol. The number of nitrogens with zero attached hydrogens (tertiary/aromatic N) is 1. The maximum Gasteiger partial charge on any atom is 0.146 e. The van der Waals surface area contributed by atoms with Crippen LogP contribution >= 0.6 is 0 Å². The molecule has 1 aliphatic carbocycles. The van der Waals surface area contributed by atoms with Gasteiger partial charge in [-0.2, -0.15) is 0 Å². The molecule has 1 aromatic rings. The Balaban J connectivity index is 2.18. The molecule has 1 aliphatic rings. The minimum atomic E-state index is -0.188. The summed E-state index contributed by atoms with van der Waals surface area (Å²) >= 11 is 0. The zero-order valence-electron chi connectivity index (χ0n) is 9.75. The normalized spacial score (nSPS) is 19.6.